The summed E-state index contributed by atoms with van der Waals surface area (Å²) in [6.07, 6.45) is 4.59. The van der Waals surface area contributed by atoms with Gasteiger partial charge < -0.3 is 10.2 Å². The van der Waals surface area contributed by atoms with Crippen molar-refractivity contribution in [3.05, 3.63) is 45.2 Å². The summed E-state index contributed by atoms with van der Waals surface area (Å²) in [5.74, 6) is 0.633. The van der Waals surface area contributed by atoms with Gasteiger partial charge in [0.25, 0.3) is 0 Å². The van der Waals surface area contributed by atoms with Crippen LogP contribution in [0.15, 0.2) is 35.1 Å². The highest BCUT2D eigenvalue weighted by atomic mass is 79.9. The van der Waals surface area contributed by atoms with Crippen molar-refractivity contribution < 1.29 is 4.92 Å². The third-order valence-electron chi connectivity index (χ3n) is 5.80. The first-order valence-electron chi connectivity index (χ1n) is 9.45. The van der Waals surface area contributed by atoms with Crippen LogP contribution < -0.4 is 10.2 Å². The largest absolute Gasteiger partial charge is 0.353 e. The summed E-state index contributed by atoms with van der Waals surface area (Å²) >= 11 is 3.47. The monoisotopic (exact) mass is 445 g/mol. The quantitative estimate of drug-likeness (QED) is 0.507. The molecule has 2 aromatic rings. The Labute approximate surface area is 172 Å². The van der Waals surface area contributed by atoms with Gasteiger partial charge in [0.1, 0.15) is 6.33 Å². The zero-order valence-electron chi connectivity index (χ0n) is 16.3. The Balaban J connectivity index is 1.75. The first kappa shape index (κ1) is 19.1. The molecule has 0 spiro atoms. The Morgan fingerprint density at radius 1 is 1.25 bits per heavy atom. The maximum Gasteiger partial charge on any atom is 0.353 e. The Morgan fingerprint density at radius 2 is 2.00 bits per heavy atom. The SMILES string of the molecule is CC1(C)CC2CC(C)(CN2c2ncnc(Nc3ccccc3Br)c2[N+](=O)[O-])C1. The zero-order valence-corrected chi connectivity index (χ0v) is 17.9. The second-order valence-electron chi connectivity index (χ2n) is 9.10. The molecule has 2 aliphatic rings. The first-order chi connectivity index (χ1) is 13.2. The van der Waals surface area contributed by atoms with E-state index in [2.05, 4.69) is 56.9 Å². The van der Waals surface area contributed by atoms with Crippen molar-refractivity contribution in [1.82, 2.24) is 9.97 Å². The number of aromatic nitrogens is 2. The van der Waals surface area contributed by atoms with E-state index in [0.29, 0.717) is 5.82 Å². The van der Waals surface area contributed by atoms with Gasteiger partial charge in [-0.25, -0.2) is 9.97 Å². The molecule has 2 heterocycles. The maximum absolute atomic E-state index is 12.0. The zero-order chi connectivity index (χ0) is 20.1. The highest BCUT2D eigenvalue weighted by Crippen LogP contribution is 2.54. The Kier molecular flexibility index (Phi) is 4.56. The summed E-state index contributed by atoms with van der Waals surface area (Å²) in [4.78, 5) is 22.3. The lowest BCUT2D eigenvalue weighted by atomic mass is 9.65. The molecule has 2 fully saturated rings. The second-order valence-corrected chi connectivity index (χ2v) is 9.95. The predicted molar refractivity (Wildman–Crippen MR) is 113 cm³/mol. The molecule has 1 aliphatic heterocycles. The molecule has 2 atom stereocenters. The molecule has 1 aromatic carbocycles. The molecule has 1 saturated heterocycles. The van der Waals surface area contributed by atoms with Gasteiger partial charge in [0.15, 0.2) is 0 Å². The Hall–Kier alpha value is -2.22. The van der Waals surface area contributed by atoms with Crippen LogP contribution in [-0.4, -0.2) is 27.5 Å². The molecule has 148 valence electrons. The number of benzene rings is 1. The molecular weight excluding hydrogens is 422 g/mol. The maximum atomic E-state index is 12.0. The fraction of sp³-hybridized carbons (Fsp3) is 0.500. The summed E-state index contributed by atoms with van der Waals surface area (Å²) < 4.78 is 0.816. The van der Waals surface area contributed by atoms with Gasteiger partial charge in [0, 0.05) is 17.1 Å². The predicted octanol–water partition coefficient (Wildman–Crippen LogP) is 5.30. The van der Waals surface area contributed by atoms with E-state index in [1.807, 2.05) is 24.3 Å². The van der Waals surface area contributed by atoms with Crippen LogP contribution in [-0.2, 0) is 0 Å². The fourth-order valence-corrected chi connectivity index (χ4v) is 5.62. The number of halogens is 1. The minimum atomic E-state index is -0.371. The molecule has 0 amide bonds. The lowest BCUT2D eigenvalue weighted by Crippen LogP contribution is -2.35. The van der Waals surface area contributed by atoms with Gasteiger partial charge in [-0.3, -0.25) is 10.1 Å². The summed E-state index contributed by atoms with van der Waals surface area (Å²) in [7, 11) is 0. The molecule has 1 aliphatic carbocycles. The van der Waals surface area contributed by atoms with Crippen LogP contribution in [0.4, 0.5) is 23.0 Å². The smallest absolute Gasteiger partial charge is 0.347 e. The standard InChI is InChI=1S/C20H24BrN5O2/c1-19(2)8-13-9-20(3,10-19)11-25(13)18-16(26(27)28)17(22-12-23-18)24-15-7-5-4-6-14(15)21/h4-7,12-13H,8-11H2,1-3H3,(H,22,23,24). The van der Waals surface area contributed by atoms with Gasteiger partial charge in [-0.15, -0.1) is 0 Å². The number of nitro groups is 1. The fourth-order valence-electron chi connectivity index (χ4n) is 5.24. The van der Waals surface area contributed by atoms with Crippen LogP contribution >= 0.6 is 15.9 Å². The number of anilines is 3. The summed E-state index contributed by atoms with van der Waals surface area (Å²) in [6, 6.07) is 7.75. The van der Waals surface area contributed by atoms with E-state index < -0.39 is 0 Å². The van der Waals surface area contributed by atoms with Gasteiger partial charge in [0.05, 0.1) is 10.6 Å². The third-order valence-corrected chi connectivity index (χ3v) is 6.49. The number of nitrogens with zero attached hydrogens (tertiary/aromatic N) is 4. The van der Waals surface area contributed by atoms with Gasteiger partial charge in [-0.1, -0.05) is 32.9 Å². The molecule has 1 saturated carbocycles. The van der Waals surface area contributed by atoms with Crippen molar-refractivity contribution in [3.63, 3.8) is 0 Å². The molecule has 2 bridgehead atoms. The molecule has 1 aromatic heterocycles. The molecular formula is C20H24BrN5O2. The molecule has 4 rings (SSSR count). The van der Waals surface area contributed by atoms with Crippen molar-refractivity contribution in [1.29, 1.82) is 0 Å². The number of fused-ring (bicyclic) bond motifs is 2. The van der Waals surface area contributed by atoms with Crippen LogP contribution in [0.3, 0.4) is 0 Å². The first-order valence-corrected chi connectivity index (χ1v) is 10.2. The van der Waals surface area contributed by atoms with Crippen LogP contribution in [0.5, 0.6) is 0 Å². The molecule has 1 N–H and O–H groups in total. The highest BCUT2D eigenvalue weighted by molar-refractivity contribution is 9.10. The van der Waals surface area contributed by atoms with Gasteiger partial charge >= 0.3 is 5.69 Å². The molecule has 8 heteroatoms. The average molecular weight is 446 g/mol. The molecule has 7 nitrogen and oxygen atoms in total. The third kappa shape index (κ3) is 3.45. The molecule has 0 radical (unpaired) electrons. The average Bonchev–Trinajstić information content (AvgIpc) is 2.85. The normalized spacial score (nSPS) is 25.6. The van der Waals surface area contributed by atoms with Crippen molar-refractivity contribution in [2.45, 2.75) is 46.1 Å². The molecule has 28 heavy (non-hydrogen) atoms. The van der Waals surface area contributed by atoms with Crippen LogP contribution in [0.25, 0.3) is 0 Å². The van der Waals surface area contributed by atoms with Crippen molar-refractivity contribution in [2.24, 2.45) is 10.8 Å². The van der Waals surface area contributed by atoms with E-state index in [0.717, 1.165) is 36.0 Å². The van der Waals surface area contributed by atoms with E-state index >= 15 is 0 Å². The topological polar surface area (TPSA) is 84.2 Å². The van der Waals surface area contributed by atoms with Gasteiger partial charge in [0.2, 0.25) is 11.6 Å². The summed E-state index contributed by atoms with van der Waals surface area (Å²) in [6.45, 7) is 7.64. The summed E-state index contributed by atoms with van der Waals surface area (Å²) in [5, 5.41) is 15.1. The van der Waals surface area contributed by atoms with E-state index in [9.17, 15) is 10.1 Å². The van der Waals surface area contributed by atoms with E-state index in [1.54, 1.807) is 0 Å². The van der Waals surface area contributed by atoms with E-state index in [1.165, 1.54) is 6.33 Å². The van der Waals surface area contributed by atoms with Crippen LogP contribution in [0.1, 0.15) is 40.0 Å². The number of hydrogen-bond donors (Lipinski definition) is 1. The van der Waals surface area contributed by atoms with E-state index in [-0.39, 0.29) is 33.3 Å². The van der Waals surface area contributed by atoms with Crippen molar-refractivity contribution in [3.8, 4) is 0 Å². The summed E-state index contributed by atoms with van der Waals surface area (Å²) in [5.41, 5.74) is 1.04. The number of hydrogen-bond acceptors (Lipinski definition) is 6. The van der Waals surface area contributed by atoms with Crippen LogP contribution in [0.2, 0.25) is 0 Å². The highest BCUT2D eigenvalue weighted by Gasteiger charge is 2.51. The van der Waals surface area contributed by atoms with Gasteiger partial charge in [-0.05, 0) is 58.2 Å². The Morgan fingerprint density at radius 3 is 2.71 bits per heavy atom. The van der Waals surface area contributed by atoms with Crippen molar-refractivity contribution >= 4 is 38.9 Å². The molecule has 2 unspecified atom stereocenters. The minimum Gasteiger partial charge on any atom is -0.347 e. The second kappa shape index (κ2) is 6.69. The van der Waals surface area contributed by atoms with Gasteiger partial charge in [-0.2, -0.15) is 0 Å². The van der Waals surface area contributed by atoms with Crippen molar-refractivity contribution in [2.75, 3.05) is 16.8 Å². The lowest BCUT2D eigenvalue weighted by Gasteiger charge is -2.39. The minimum absolute atomic E-state index is 0.0628. The lowest BCUT2D eigenvalue weighted by molar-refractivity contribution is -0.383. The number of nitrogens with one attached hydrogen (secondary N) is 1. The number of rotatable bonds is 4. The van der Waals surface area contributed by atoms with Crippen LogP contribution in [0, 0.1) is 20.9 Å². The van der Waals surface area contributed by atoms with E-state index in [4.69, 9.17) is 0 Å². The Bertz CT molecular complexity index is 935. The number of para-hydroxylation sites is 1.